The van der Waals surface area contributed by atoms with E-state index in [9.17, 15) is 0 Å². The monoisotopic (exact) mass is 245 g/mol. The van der Waals surface area contributed by atoms with E-state index in [1.54, 1.807) is 7.11 Å². The lowest BCUT2D eigenvalue weighted by Crippen LogP contribution is -2.37. The van der Waals surface area contributed by atoms with Gasteiger partial charge in [-0.1, -0.05) is 12.1 Å². The van der Waals surface area contributed by atoms with Gasteiger partial charge in [-0.3, -0.25) is 0 Å². The molecule has 0 spiro atoms. The van der Waals surface area contributed by atoms with Crippen molar-refractivity contribution in [1.29, 1.82) is 0 Å². The van der Waals surface area contributed by atoms with Crippen LogP contribution in [0.4, 0.5) is 0 Å². The Bertz CT molecular complexity index is 419. The normalized spacial score (nSPS) is 30.5. The van der Waals surface area contributed by atoms with Gasteiger partial charge in [0.05, 0.1) is 7.11 Å². The van der Waals surface area contributed by atoms with Crippen LogP contribution in [-0.4, -0.2) is 19.2 Å². The molecule has 0 aliphatic carbocycles. The molecule has 2 bridgehead atoms. The Morgan fingerprint density at radius 2 is 1.61 bits per heavy atom. The second kappa shape index (κ2) is 4.58. The van der Waals surface area contributed by atoms with Gasteiger partial charge in [0.15, 0.2) is 0 Å². The summed E-state index contributed by atoms with van der Waals surface area (Å²) in [5.74, 6) is 1.79. The van der Waals surface area contributed by atoms with Crippen LogP contribution < -0.4 is 10.1 Å². The van der Waals surface area contributed by atoms with Crippen LogP contribution in [0, 0.1) is 13.8 Å². The summed E-state index contributed by atoms with van der Waals surface area (Å²) in [5.41, 5.74) is 4.07. The number of aryl methyl sites for hydroxylation is 2. The highest BCUT2D eigenvalue weighted by atomic mass is 16.5. The number of rotatable bonds is 2. The summed E-state index contributed by atoms with van der Waals surface area (Å²) in [5, 5.41) is 3.72. The minimum Gasteiger partial charge on any atom is -0.496 e. The average molecular weight is 245 g/mol. The van der Waals surface area contributed by atoms with Gasteiger partial charge in [-0.2, -0.15) is 0 Å². The first-order chi connectivity index (χ1) is 8.67. The summed E-state index contributed by atoms with van der Waals surface area (Å²) >= 11 is 0. The Morgan fingerprint density at radius 1 is 1.06 bits per heavy atom. The fourth-order valence-electron chi connectivity index (χ4n) is 3.87. The molecule has 3 rings (SSSR count). The van der Waals surface area contributed by atoms with E-state index in [0.717, 1.165) is 23.8 Å². The minimum atomic E-state index is 0.743. The van der Waals surface area contributed by atoms with Crippen molar-refractivity contribution >= 4 is 0 Å². The van der Waals surface area contributed by atoms with E-state index in [2.05, 4.69) is 31.3 Å². The number of methoxy groups -OCH3 is 1. The molecule has 2 heterocycles. The Hall–Kier alpha value is -1.02. The van der Waals surface area contributed by atoms with Crippen molar-refractivity contribution in [3.05, 3.63) is 28.8 Å². The van der Waals surface area contributed by atoms with Crippen LogP contribution in [0.2, 0.25) is 0 Å². The Labute approximate surface area is 110 Å². The highest BCUT2D eigenvalue weighted by molar-refractivity contribution is 5.44. The zero-order chi connectivity index (χ0) is 12.7. The van der Waals surface area contributed by atoms with Crippen LogP contribution in [0.15, 0.2) is 12.1 Å². The third-order valence-corrected chi connectivity index (χ3v) is 4.63. The molecule has 1 unspecified atom stereocenters. The first-order valence-electron chi connectivity index (χ1n) is 7.08. The Kier molecular flexibility index (Phi) is 3.06. The Balaban J connectivity index is 1.88. The lowest BCUT2D eigenvalue weighted by molar-refractivity contribution is 0.362. The van der Waals surface area contributed by atoms with Crippen molar-refractivity contribution in [2.24, 2.45) is 0 Å². The molecule has 2 aliphatic heterocycles. The number of ether oxygens (including phenoxy) is 1. The number of benzene rings is 1. The SMILES string of the molecule is COc1c(C)cc(C2C[C@H]3CC[C@@H](C2)N3)cc1C. The molecule has 3 atom stereocenters. The van der Waals surface area contributed by atoms with E-state index in [1.807, 2.05) is 0 Å². The second-order valence-corrected chi connectivity index (χ2v) is 5.99. The lowest BCUT2D eigenvalue weighted by atomic mass is 9.85. The predicted octanol–water partition coefficient (Wildman–Crippen LogP) is 3.31. The van der Waals surface area contributed by atoms with Gasteiger partial charge in [0, 0.05) is 12.1 Å². The Morgan fingerprint density at radius 3 is 2.11 bits per heavy atom. The standard InChI is InChI=1S/C16H23NO/c1-10-6-12(7-11(2)16(10)18-3)13-8-14-4-5-15(9-13)17-14/h6-7,13-15,17H,4-5,8-9H2,1-3H3/t13?,14-,15+. The molecule has 0 saturated carbocycles. The molecule has 18 heavy (non-hydrogen) atoms. The summed E-state index contributed by atoms with van der Waals surface area (Å²) in [6, 6.07) is 6.19. The van der Waals surface area contributed by atoms with Gasteiger partial charge < -0.3 is 10.1 Å². The van der Waals surface area contributed by atoms with Gasteiger partial charge in [0.25, 0.3) is 0 Å². The third-order valence-electron chi connectivity index (χ3n) is 4.63. The van der Waals surface area contributed by atoms with Gasteiger partial charge >= 0.3 is 0 Å². The molecule has 0 amide bonds. The maximum atomic E-state index is 5.46. The van der Waals surface area contributed by atoms with E-state index in [4.69, 9.17) is 4.74 Å². The van der Waals surface area contributed by atoms with Crippen LogP contribution in [-0.2, 0) is 0 Å². The molecule has 1 N–H and O–H groups in total. The average Bonchev–Trinajstić information content (AvgIpc) is 2.68. The van der Waals surface area contributed by atoms with Crippen LogP contribution in [0.25, 0.3) is 0 Å². The van der Waals surface area contributed by atoms with Gasteiger partial charge in [0.1, 0.15) is 5.75 Å². The van der Waals surface area contributed by atoms with Crippen LogP contribution in [0.5, 0.6) is 5.75 Å². The summed E-state index contributed by atoms with van der Waals surface area (Å²) in [6.45, 7) is 4.32. The second-order valence-electron chi connectivity index (χ2n) is 5.99. The smallest absolute Gasteiger partial charge is 0.124 e. The molecule has 2 aliphatic rings. The van der Waals surface area contributed by atoms with Crippen molar-refractivity contribution in [3.63, 3.8) is 0 Å². The van der Waals surface area contributed by atoms with E-state index in [-0.39, 0.29) is 0 Å². The zero-order valence-electron chi connectivity index (χ0n) is 11.6. The van der Waals surface area contributed by atoms with E-state index in [0.29, 0.717) is 0 Å². The summed E-state index contributed by atoms with van der Waals surface area (Å²) < 4.78 is 5.46. The molecule has 98 valence electrons. The van der Waals surface area contributed by atoms with Crippen LogP contribution in [0.3, 0.4) is 0 Å². The van der Waals surface area contributed by atoms with E-state index < -0.39 is 0 Å². The quantitative estimate of drug-likeness (QED) is 0.863. The van der Waals surface area contributed by atoms with Crippen molar-refractivity contribution in [3.8, 4) is 5.75 Å². The molecule has 1 aromatic rings. The lowest BCUT2D eigenvalue weighted by Gasteiger charge is -2.30. The van der Waals surface area contributed by atoms with Crippen molar-refractivity contribution in [2.45, 2.75) is 57.5 Å². The largest absolute Gasteiger partial charge is 0.496 e. The third kappa shape index (κ3) is 2.03. The molecule has 2 fully saturated rings. The maximum absolute atomic E-state index is 5.46. The van der Waals surface area contributed by atoms with Crippen molar-refractivity contribution < 1.29 is 4.74 Å². The fourth-order valence-corrected chi connectivity index (χ4v) is 3.87. The van der Waals surface area contributed by atoms with Crippen molar-refractivity contribution in [2.75, 3.05) is 7.11 Å². The van der Waals surface area contributed by atoms with Gasteiger partial charge in [-0.15, -0.1) is 0 Å². The van der Waals surface area contributed by atoms with E-state index >= 15 is 0 Å². The number of hydrogen-bond acceptors (Lipinski definition) is 2. The maximum Gasteiger partial charge on any atom is 0.124 e. The topological polar surface area (TPSA) is 21.3 Å². The summed E-state index contributed by atoms with van der Waals surface area (Å²) in [6.07, 6.45) is 5.36. The highest BCUT2D eigenvalue weighted by Crippen LogP contribution is 2.39. The fraction of sp³-hybridized carbons (Fsp3) is 0.625. The minimum absolute atomic E-state index is 0.743. The number of fused-ring (bicyclic) bond motifs is 2. The molecule has 2 heteroatoms. The first-order valence-corrected chi connectivity index (χ1v) is 7.08. The molecule has 2 nitrogen and oxygen atoms in total. The molecule has 1 aromatic carbocycles. The number of hydrogen-bond donors (Lipinski definition) is 1. The van der Waals surface area contributed by atoms with Gasteiger partial charge in [-0.05, 0) is 62.1 Å². The van der Waals surface area contributed by atoms with Gasteiger partial charge in [-0.25, -0.2) is 0 Å². The van der Waals surface area contributed by atoms with Crippen LogP contribution in [0.1, 0.15) is 48.3 Å². The van der Waals surface area contributed by atoms with E-state index in [1.165, 1.54) is 42.4 Å². The zero-order valence-corrected chi connectivity index (χ0v) is 11.6. The summed E-state index contributed by atoms with van der Waals surface area (Å²) in [4.78, 5) is 0. The molecule has 0 aromatic heterocycles. The summed E-state index contributed by atoms with van der Waals surface area (Å²) in [7, 11) is 1.76. The predicted molar refractivity (Wildman–Crippen MR) is 74.4 cm³/mol. The molecule has 2 saturated heterocycles. The first kappa shape index (κ1) is 12.0. The molecular formula is C16H23NO. The number of nitrogens with one attached hydrogen (secondary N) is 1. The highest BCUT2D eigenvalue weighted by Gasteiger charge is 2.34. The number of piperidine rings is 1. The van der Waals surface area contributed by atoms with Gasteiger partial charge in [0.2, 0.25) is 0 Å². The molecular weight excluding hydrogens is 222 g/mol. The molecule has 0 radical (unpaired) electrons. The van der Waals surface area contributed by atoms with Crippen LogP contribution >= 0.6 is 0 Å². The van der Waals surface area contributed by atoms with Crippen molar-refractivity contribution in [1.82, 2.24) is 5.32 Å².